The number of rotatable bonds is 11. The van der Waals surface area contributed by atoms with Gasteiger partial charge in [-0.1, -0.05) is 30.0 Å². The van der Waals surface area contributed by atoms with E-state index >= 15 is 0 Å². The summed E-state index contributed by atoms with van der Waals surface area (Å²) in [5, 5.41) is 3.97. The number of nitrogens with one attached hydrogen (secondary N) is 1. The lowest BCUT2D eigenvalue weighted by molar-refractivity contribution is 0.0954. The summed E-state index contributed by atoms with van der Waals surface area (Å²) in [6.07, 6.45) is 4.43. The Kier molecular flexibility index (Phi) is 8.41. The van der Waals surface area contributed by atoms with Crippen molar-refractivity contribution < 1.29 is 14.3 Å². The highest BCUT2D eigenvalue weighted by Gasteiger charge is 2.09. The van der Waals surface area contributed by atoms with Crippen molar-refractivity contribution in [2.24, 2.45) is 7.05 Å². The average molecular weight is 440 g/mol. The van der Waals surface area contributed by atoms with Gasteiger partial charge in [0.1, 0.15) is 0 Å². The third-order valence-electron chi connectivity index (χ3n) is 4.64. The van der Waals surface area contributed by atoms with E-state index < -0.39 is 0 Å². The molecule has 0 atom stereocenters. The number of imidazole rings is 1. The summed E-state index contributed by atoms with van der Waals surface area (Å²) in [6, 6.07) is 13.6. The van der Waals surface area contributed by atoms with Crippen LogP contribution in [0.15, 0.2) is 60.0 Å². The minimum atomic E-state index is -0.0696. The molecule has 0 aliphatic heterocycles. The number of ether oxygens (including phenoxy) is 2. The maximum Gasteiger partial charge on any atom is 0.251 e. The van der Waals surface area contributed by atoms with Gasteiger partial charge in [0.2, 0.25) is 0 Å². The number of hydrogen-bond donors (Lipinski definition) is 1. The van der Waals surface area contributed by atoms with Crippen LogP contribution in [0.5, 0.6) is 11.5 Å². The van der Waals surface area contributed by atoms with E-state index in [1.54, 1.807) is 18.0 Å². The molecular weight excluding hydrogens is 410 g/mol. The fourth-order valence-electron chi connectivity index (χ4n) is 3.11. The van der Waals surface area contributed by atoms with Gasteiger partial charge >= 0.3 is 0 Å². The highest BCUT2D eigenvalue weighted by atomic mass is 32.2. The van der Waals surface area contributed by atoms with Crippen LogP contribution in [0.1, 0.15) is 35.3 Å². The Hall–Kier alpha value is -2.93. The fraction of sp³-hybridized carbons (Fsp3) is 0.333. The lowest BCUT2D eigenvalue weighted by atomic mass is 10.1. The van der Waals surface area contributed by atoms with Crippen molar-refractivity contribution in [2.75, 3.05) is 19.8 Å². The summed E-state index contributed by atoms with van der Waals surface area (Å²) < 4.78 is 13.3. The highest BCUT2D eigenvalue weighted by Crippen LogP contribution is 2.28. The number of carbonyl (C=O) groups excluding carboxylic acids is 1. The Labute approximate surface area is 188 Å². The molecule has 3 rings (SSSR count). The van der Waals surface area contributed by atoms with Crippen molar-refractivity contribution in [3.8, 4) is 11.5 Å². The summed E-state index contributed by atoms with van der Waals surface area (Å²) in [5.41, 5.74) is 2.85. The van der Waals surface area contributed by atoms with Gasteiger partial charge < -0.3 is 19.4 Å². The van der Waals surface area contributed by atoms with Gasteiger partial charge in [0.05, 0.1) is 13.2 Å². The van der Waals surface area contributed by atoms with E-state index in [9.17, 15) is 4.79 Å². The van der Waals surface area contributed by atoms with Crippen LogP contribution in [0.25, 0.3) is 0 Å². The van der Waals surface area contributed by atoms with Crippen LogP contribution in [0, 0.1) is 0 Å². The quantitative estimate of drug-likeness (QED) is 0.446. The van der Waals surface area contributed by atoms with Crippen LogP contribution in [-0.2, 0) is 19.2 Å². The molecule has 0 aliphatic carbocycles. The fourth-order valence-corrected chi connectivity index (χ4v) is 3.99. The van der Waals surface area contributed by atoms with E-state index in [-0.39, 0.29) is 5.91 Å². The van der Waals surface area contributed by atoms with Gasteiger partial charge in [0.25, 0.3) is 5.91 Å². The number of aryl methyl sites for hydroxylation is 1. The first-order valence-corrected chi connectivity index (χ1v) is 11.4. The monoisotopic (exact) mass is 439 g/mol. The molecular formula is C24H29N3O3S. The molecule has 0 spiro atoms. The van der Waals surface area contributed by atoms with E-state index in [1.807, 2.05) is 74.1 Å². The average Bonchev–Trinajstić information content (AvgIpc) is 3.19. The maximum absolute atomic E-state index is 12.6. The molecule has 0 unspecified atom stereocenters. The molecule has 0 saturated heterocycles. The van der Waals surface area contributed by atoms with Crippen LogP contribution in [0.3, 0.4) is 0 Å². The van der Waals surface area contributed by atoms with Crippen molar-refractivity contribution in [3.63, 3.8) is 0 Å². The van der Waals surface area contributed by atoms with Crippen molar-refractivity contribution in [3.05, 3.63) is 71.5 Å². The Balaban J connectivity index is 1.53. The summed E-state index contributed by atoms with van der Waals surface area (Å²) >= 11 is 1.65. The van der Waals surface area contributed by atoms with Crippen molar-refractivity contribution in [1.29, 1.82) is 0 Å². The molecule has 6 nitrogen and oxygen atoms in total. The number of thioether (sulfide) groups is 1. The molecule has 0 fully saturated rings. The first-order valence-electron chi connectivity index (χ1n) is 10.5. The number of amides is 1. The molecule has 2 aromatic carbocycles. The Bertz CT molecular complexity index is 1000. The van der Waals surface area contributed by atoms with E-state index in [2.05, 4.69) is 10.3 Å². The summed E-state index contributed by atoms with van der Waals surface area (Å²) in [7, 11) is 1.97. The Morgan fingerprint density at radius 1 is 1.06 bits per heavy atom. The van der Waals surface area contributed by atoms with Crippen LogP contribution < -0.4 is 14.8 Å². The Morgan fingerprint density at radius 3 is 2.61 bits per heavy atom. The number of aromatic nitrogens is 2. The van der Waals surface area contributed by atoms with Crippen LogP contribution in [0.4, 0.5) is 0 Å². The maximum atomic E-state index is 12.6. The highest BCUT2D eigenvalue weighted by molar-refractivity contribution is 7.98. The first kappa shape index (κ1) is 22.7. The largest absolute Gasteiger partial charge is 0.490 e. The van der Waals surface area contributed by atoms with Gasteiger partial charge in [0.15, 0.2) is 16.7 Å². The van der Waals surface area contributed by atoms with Gasteiger partial charge in [0, 0.05) is 37.3 Å². The van der Waals surface area contributed by atoms with Crippen molar-refractivity contribution in [1.82, 2.24) is 14.9 Å². The molecule has 1 N–H and O–H groups in total. The molecule has 0 aliphatic rings. The SMILES string of the molecule is CCOc1ccc(CCNC(=O)c2cccc(CSc3nccn3C)c2)cc1OCC. The molecule has 1 amide bonds. The second-order valence-electron chi connectivity index (χ2n) is 6.96. The standard InChI is InChI=1S/C24H29N3O3S/c1-4-29-21-10-9-18(16-22(21)30-5-2)11-12-25-23(28)20-8-6-7-19(15-20)17-31-24-26-13-14-27(24)3/h6-10,13-16H,4-5,11-12,17H2,1-3H3,(H,25,28). The van der Waals surface area contributed by atoms with Gasteiger partial charge in [-0.2, -0.15) is 0 Å². The summed E-state index contributed by atoms with van der Waals surface area (Å²) in [4.78, 5) is 16.9. The molecule has 7 heteroatoms. The van der Waals surface area contributed by atoms with Crippen LogP contribution in [0.2, 0.25) is 0 Å². The second kappa shape index (κ2) is 11.5. The van der Waals surface area contributed by atoms with Gasteiger partial charge in [-0.05, 0) is 55.7 Å². The normalized spacial score (nSPS) is 10.7. The lowest BCUT2D eigenvalue weighted by Crippen LogP contribution is -2.25. The van der Waals surface area contributed by atoms with E-state index in [0.717, 1.165) is 33.5 Å². The molecule has 0 saturated carbocycles. The zero-order chi connectivity index (χ0) is 22.1. The van der Waals surface area contributed by atoms with Gasteiger partial charge in [-0.3, -0.25) is 4.79 Å². The zero-order valence-electron chi connectivity index (χ0n) is 18.3. The van der Waals surface area contributed by atoms with Gasteiger partial charge in [-0.25, -0.2) is 4.98 Å². The minimum absolute atomic E-state index is 0.0696. The van der Waals surface area contributed by atoms with Gasteiger partial charge in [-0.15, -0.1) is 0 Å². The molecule has 3 aromatic rings. The molecule has 31 heavy (non-hydrogen) atoms. The molecule has 0 bridgehead atoms. The Morgan fingerprint density at radius 2 is 1.87 bits per heavy atom. The van der Waals surface area contributed by atoms with Crippen molar-refractivity contribution in [2.45, 2.75) is 31.2 Å². The van der Waals surface area contributed by atoms with Crippen LogP contribution in [-0.4, -0.2) is 35.2 Å². The van der Waals surface area contributed by atoms with E-state index in [1.165, 1.54) is 0 Å². The summed E-state index contributed by atoms with van der Waals surface area (Å²) in [5.74, 6) is 2.18. The molecule has 1 heterocycles. The second-order valence-corrected chi connectivity index (χ2v) is 7.91. The molecule has 1 aromatic heterocycles. The first-order chi connectivity index (χ1) is 15.1. The predicted molar refractivity (Wildman–Crippen MR) is 124 cm³/mol. The molecule has 164 valence electrons. The minimum Gasteiger partial charge on any atom is -0.490 e. The summed E-state index contributed by atoms with van der Waals surface area (Å²) in [6.45, 7) is 5.62. The van der Waals surface area contributed by atoms with Crippen LogP contribution >= 0.6 is 11.8 Å². The number of benzene rings is 2. The van der Waals surface area contributed by atoms with Crippen molar-refractivity contribution >= 4 is 17.7 Å². The topological polar surface area (TPSA) is 65.4 Å². The lowest BCUT2D eigenvalue weighted by Gasteiger charge is -2.13. The third-order valence-corrected chi connectivity index (χ3v) is 5.77. The third kappa shape index (κ3) is 6.52. The number of nitrogens with zero attached hydrogens (tertiary/aromatic N) is 2. The van der Waals surface area contributed by atoms with E-state index in [0.29, 0.717) is 31.7 Å². The molecule has 0 radical (unpaired) electrons. The number of hydrogen-bond acceptors (Lipinski definition) is 5. The smallest absolute Gasteiger partial charge is 0.251 e. The predicted octanol–water partition coefficient (Wildman–Crippen LogP) is 4.48. The van der Waals surface area contributed by atoms with E-state index in [4.69, 9.17) is 9.47 Å². The number of carbonyl (C=O) groups is 1. The zero-order valence-corrected chi connectivity index (χ0v) is 19.1.